The molecule has 6 nitrogen and oxygen atoms in total. The number of carbonyl (C=O) groups excluding carboxylic acids is 2. The van der Waals surface area contributed by atoms with Crippen molar-refractivity contribution in [1.29, 1.82) is 0 Å². The Labute approximate surface area is 150 Å². The van der Waals surface area contributed by atoms with Crippen molar-refractivity contribution in [2.45, 2.75) is 13.3 Å². The molecule has 26 heavy (non-hydrogen) atoms. The Morgan fingerprint density at radius 2 is 1.73 bits per heavy atom. The molecule has 6 heteroatoms. The Balaban J connectivity index is 1.48. The van der Waals surface area contributed by atoms with E-state index in [1.54, 1.807) is 13.0 Å². The second kappa shape index (κ2) is 8.11. The Morgan fingerprint density at radius 3 is 2.38 bits per heavy atom. The lowest BCUT2D eigenvalue weighted by molar-refractivity contribution is -0.146. The van der Waals surface area contributed by atoms with Gasteiger partial charge in [-0.1, -0.05) is 59.8 Å². The molecule has 0 atom stereocenters. The van der Waals surface area contributed by atoms with Gasteiger partial charge < -0.3 is 9.26 Å². The highest BCUT2D eigenvalue weighted by Gasteiger charge is 2.11. The van der Waals surface area contributed by atoms with Crippen LogP contribution in [0.15, 0.2) is 65.2 Å². The number of aromatic nitrogens is 1. The van der Waals surface area contributed by atoms with Crippen LogP contribution in [0.4, 0.5) is 5.88 Å². The first kappa shape index (κ1) is 17.4. The largest absolute Gasteiger partial charge is 0.455 e. The van der Waals surface area contributed by atoms with Crippen LogP contribution in [0.1, 0.15) is 11.3 Å². The number of ether oxygens (including phenoxy) is 1. The Bertz CT molecular complexity index is 886. The number of anilines is 1. The molecule has 132 valence electrons. The molecule has 0 aliphatic carbocycles. The van der Waals surface area contributed by atoms with Gasteiger partial charge in [-0.2, -0.15) is 0 Å². The second-order valence-electron chi connectivity index (χ2n) is 5.78. The molecule has 2 aromatic carbocycles. The van der Waals surface area contributed by atoms with Gasteiger partial charge in [0, 0.05) is 6.07 Å². The first-order valence-electron chi connectivity index (χ1n) is 8.13. The highest BCUT2D eigenvalue weighted by Crippen LogP contribution is 2.19. The van der Waals surface area contributed by atoms with Crippen LogP contribution in [0.3, 0.4) is 0 Å². The predicted molar refractivity (Wildman–Crippen MR) is 96.4 cm³/mol. The molecule has 0 bridgehead atoms. The van der Waals surface area contributed by atoms with Gasteiger partial charge in [-0.25, -0.2) is 0 Å². The van der Waals surface area contributed by atoms with Crippen LogP contribution in [-0.2, 0) is 20.7 Å². The van der Waals surface area contributed by atoms with Gasteiger partial charge in [-0.05, 0) is 23.6 Å². The predicted octanol–water partition coefficient (Wildman–Crippen LogP) is 3.37. The maximum absolute atomic E-state index is 11.9. The van der Waals surface area contributed by atoms with E-state index in [0.717, 1.165) is 16.7 Å². The number of rotatable bonds is 6. The fourth-order valence-electron chi connectivity index (χ4n) is 2.41. The Kier molecular flexibility index (Phi) is 5.43. The van der Waals surface area contributed by atoms with Crippen LogP contribution in [-0.4, -0.2) is 23.6 Å². The minimum absolute atomic E-state index is 0.101. The summed E-state index contributed by atoms with van der Waals surface area (Å²) in [6, 6.07) is 19.2. The molecule has 3 rings (SSSR count). The van der Waals surface area contributed by atoms with Gasteiger partial charge in [0.25, 0.3) is 5.91 Å². The lowest BCUT2D eigenvalue weighted by Crippen LogP contribution is -2.21. The number of amides is 1. The highest BCUT2D eigenvalue weighted by atomic mass is 16.5. The number of carbonyl (C=O) groups is 2. The molecule has 0 aliphatic heterocycles. The zero-order valence-electron chi connectivity index (χ0n) is 14.3. The van der Waals surface area contributed by atoms with Gasteiger partial charge in [-0.15, -0.1) is 0 Å². The van der Waals surface area contributed by atoms with Crippen LogP contribution in [0.2, 0.25) is 0 Å². The van der Waals surface area contributed by atoms with E-state index in [0.29, 0.717) is 5.69 Å². The third-order valence-corrected chi connectivity index (χ3v) is 3.66. The first-order valence-corrected chi connectivity index (χ1v) is 8.13. The van der Waals surface area contributed by atoms with Crippen molar-refractivity contribution in [1.82, 2.24) is 5.16 Å². The highest BCUT2D eigenvalue weighted by molar-refractivity contribution is 5.91. The van der Waals surface area contributed by atoms with Gasteiger partial charge in [-0.3, -0.25) is 14.9 Å². The van der Waals surface area contributed by atoms with E-state index in [2.05, 4.69) is 10.5 Å². The fourth-order valence-corrected chi connectivity index (χ4v) is 2.41. The average Bonchev–Trinajstić information content (AvgIpc) is 3.06. The summed E-state index contributed by atoms with van der Waals surface area (Å²) in [6.07, 6.45) is 0.101. The SMILES string of the molecule is Cc1cc(NC(=O)COC(=O)Cc2ccc(-c3ccccc3)cc2)on1. The molecule has 1 aromatic heterocycles. The number of nitrogens with zero attached hydrogens (tertiary/aromatic N) is 1. The Hall–Kier alpha value is -3.41. The summed E-state index contributed by atoms with van der Waals surface area (Å²) in [5.41, 5.74) is 3.66. The maximum Gasteiger partial charge on any atom is 0.310 e. The van der Waals surface area contributed by atoms with E-state index in [1.165, 1.54) is 0 Å². The summed E-state index contributed by atoms with van der Waals surface area (Å²) in [7, 11) is 0. The average molecular weight is 350 g/mol. The number of nitrogens with one attached hydrogen (secondary N) is 1. The minimum atomic E-state index is -0.478. The van der Waals surface area contributed by atoms with Gasteiger partial charge >= 0.3 is 5.97 Å². The monoisotopic (exact) mass is 350 g/mol. The van der Waals surface area contributed by atoms with Crippen LogP contribution in [0, 0.1) is 6.92 Å². The zero-order chi connectivity index (χ0) is 18.4. The molecule has 1 N–H and O–H groups in total. The number of hydrogen-bond acceptors (Lipinski definition) is 5. The fraction of sp³-hybridized carbons (Fsp3) is 0.150. The van der Waals surface area contributed by atoms with E-state index >= 15 is 0 Å². The number of aryl methyl sites for hydroxylation is 1. The second-order valence-corrected chi connectivity index (χ2v) is 5.78. The quantitative estimate of drug-likeness (QED) is 0.689. The standard InChI is InChI=1S/C20H18N2O4/c1-14-11-19(26-22-14)21-18(23)13-25-20(24)12-15-7-9-17(10-8-15)16-5-3-2-4-6-16/h2-11H,12-13H2,1H3,(H,21,23). The summed E-state index contributed by atoms with van der Waals surface area (Å²) in [5, 5.41) is 6.11. The molecular weight excluding hydrogens is 332 g/mol. The van der Waals surface area contributed by atoms with Gasteiger partial charge in [0.2, 0.25) is 5.88 Å². The molecule has 0 saturated heterocycles. The summed E-state index contributed by atoms with van der Waals surface area (Å²) in [5.74, 6) is -0.727. The van der Waals surface area contributed by atoms with Crippen LogP contribution in [0.5, 0.6) is 0 Å². The van der Waals surface area contributed by atoms with Crippen molar-refractivity contribution in [3.05, 3.63) is 71.9 Å². The summed E-state index contributed by atoms with van der Waals surface area (Å²) in [4.78, 5) is 23.6. The van der Waals surface area contributed by atoms with E-state index in [9.17, 15) is 9.59 Å². The number of hydrogen-bond donors (Lipinski definition) is 1. The van der Waals surface area contributed by atoms with E-state index < -0.39 is 11.9 Å². The molecular formula is C20H18N2O4. The smallest absolute Gasteiger partial charge is 0.310 e. The Morgan fingerprint density at radius 1 is 1.04 bits per heavy atom. The van der Waals surface area contributed by atoms with Crippen molar-refractivity contribution in [3.8, 4) is 11.1 Å². The molecule has 0 radical (unpaired) electrons. The molecule has 0 spiro atoms. The third kappa shape index (κ3) is 4.80. The van der Waals surface area contributed by atoms with Crippen molar-refractivity contribution < 1.29 is 18.8 Å². The van der Waals surface area contributed by atoms with Crippen molar-refractivity contribution in [3.63, 3.8) is 0 Å². The summed E-state index contributed by atoms with van der Waals surface area (Å²) < 4.78 is 9.85. The number of benzene rings is 2. The third-order valence-electron chi connectivity index (χ3n) is 3.66. The molecule has 0 aliphatic rings. The van der Waals surface area contributed by atoms with Crippen LogP contribution < -0.4 is 5.32 Å². The molecule has 0 saturated carbocycles. The zero-order valence-corrected chi connectivity index (χ0v) is 14.3. The van der Waals surface area contributed by atoms with Crippen molar-refractivity contribution in [2.75, 3.05) is 11.9 Å². The molecule has 3 aromatic rings. The van der Waals surface area contributed by atoms with Gasteiger partial charge in [0.1, 0.15) is 0 Å². The topological polar surface area (TPSA) is 81.4 Å². The lowest BCUT2D eigenvalue weighted by atomic mass is 10.0. The normalized spacial score (nSPS) is 10.3. The maximum atomic E-state index is 11.9. The van der Waals surface area contributed by atoms with Crippen LogP contribution in [0.25, 0.3) is 11.1 Å². The van der Waals surface area contributed by atoms with Gasteiger partial charge in [0.15, 0.2) is 6.61 Å². The molecule has 1 amide bonds. The minimum Gasteiger partial charge on any atom is -0.455 e. The van der Waals surface area contributed by atoms with E-state index in [4.69, 9.17) is 9.26 Å². The molecule has 0 unspecified atom stereocenters. The van der Waals surface area contributed by atoms with Crippen molar-refractivity contribution in [2.24, 2.45) is 0 Å². The lowest BCUT2D eigenvalue weighted by Gasteiger charge is -2.06. The molecule has 0 fully saturated rings. The first-order chi connectivity index (χ1) is 12.6. The molecule has 1 heterocycles. The van der Waals surface area contributed by atoms with Gasteiger partial charge in [0.05, 0.1) is 12.1 Å². The van der Waals surface area contributed by atoms with Crippen molar-refractivity contribution >= 4 is 17.8 Å². The van der Waals surface area contributed by atoms with Crippen LogP contribution >= 0.6 is 0 Å². The van der Waals surface area contributed by atoms with E-state index in [-0.39, 0.29) is 18.9 Å². The summed E-state index contributed by atoms with van der Waals surface area (Å²) in [6.45, 7) is 1.36. The summed E-state index contributed by atoms with van der Waals surface area (Å²) >= 11 is 0. The van der Waals surface area contributed by atoms with E-state index in [1.807, 2.05) is 54.6 Å². The number of esters is 1.